The molecule has 9 nitrogen and oxygen atoms in total. The summed E-state index contributed by atoms with van der Waals surface area (Å²) >= 11 is 1.70. The molecule has 2 aliphatic heterocycles. The summed E-state index contributed by atoms with van der Waals surface area (Å²) in [4.78, 5) is 31.0. The van der Waals surface area contributed by atoms with E-state index in [0.717, 1.165) is 80.3 Å². The minimum absolute atomic E-state index is 0.236. The molecule has 2 fully saturated rings. The first-order chi connectivity index (χ1) is 17.3. The van der Waals surface area contributed by atoms with Gasteiger partial charge in [0.25, 0.3) is 0 Å². The molecule has 6 rings (SSSR count). The first-order valence-electron chi connectivity index (χ1n) is 12.3. The van der Waals surface area contributed by atoms with Crippen LogP contribution in [0.5, 0.6) is 0 Å². The van der Waals surface area contributed by atoms with Crippen molar-refractivity contribution in [3.63, 3.8) is 0 Å². The maximum absolute atomic E-state index is 12.1. The van der Waals surface area contributed by atoms with Crippen molar-refractivity contribution in [2.24, 2.45) is 0 Å². The Balaban J connectivity index is 1.32. The Bertz CT molecular complexity index is 1340. The fourth-order valence-electron chi connectivity index (χ4n) is 4.83. The van der Waals surface area contributed by atoms with E-state index >= 15 is 0 Å². The molecule has 0 unspecified atom stereocenters. The molecule has 0 spiro atoms. The topological polar surface area (TPSA) is 88.4 Å². The van der Waals surface area contributed by atoms with E-state index in [-0.39, 0.29) is 5.91 Å². The number of benzene rings is 1. The Morgan fingerprint density at radius 2 is 1.94 bits per heavy atom. The third kappa shape index (κ3) is 4.61. The van der Waals surface area contributed by atoms with Crippen LogP contribution < -0.4 is 5.32 Å². The Morgan fingerprint density at radius 1 is 1.06 bits per heavy atom. The van der Waals surface area contributed by atoms with E-state index < -0.39 is 0 Å². The number of nitrogens with one attached hydrogen (secondary N) is 1. The van der Waals surface area contributed by atoms with E-state index in [1.54, 1.807) is 11.3 Å². The zero-order valence-corrected chi connectivity index (χ0v) is 20.5. The number of anilines is 1. The van der Waals surface area contributed by atoms with Gasteiger partial charge in [0.1, 0.15) is 5.52 Å². The van der Waals surface area contributed by atoms with Crippen molar-refractivity contribution in [2.75, 3.05) is 57.8 Å². The Labute approximate surface area is 207 Å². The first kappa shape index (κ1) is 22.4. The molecular weight excluding hydrogens is 462 g/mol. The van der Waals surface area contributed by atoms with Crippen LogP contribution in [0.1, 0.15) is 12.8 Å². The number of carbonyl (C=O) groups excluding carboxylic acids is 1. The summed E-state index contributed by atoms with van der Waals surface area (Å²) in [6.45, 7) is 7.35. The SMILES string of the molecule is O=C1CCCN1CCn1cnc2c(NCCN3CCOCC3)nc(-c3csc4ccccc34)nc21. The van der Waals surface area contributed by atoms with E-state index in [4.69, 9.17) is 14.7 Å². The third-order valence-corrected chi connectivity index (χ3v) is 7.76. The molecule has 35 heavy (non-hydrogen) atoms. The highest BCUT2D eigenvalue weighted by atomic mass is 32.1. The molecule has 3 aromatic heterocycles. The zero-order valence-electron chi connectivity index (χ0n) is 19.7. The van der Waals surface area contributed by atoms with E-state index in [2.05, 4.69) is 44.8 Å². The van der Waals surface area contributed by atoms with Crippen LogP contribution in [0.25, 0.3) is 32.6 Å². The predicted octanol–water partition coefficient (Wildman–Crippen LogP) is 3.07. The van der Waals surface area contributed by atoms with Crippen LogP contribution in [0.4, 0.5) is 5.82 Å². The molecule has 1 N–H and O–H groups in total. The Kier molecular flexibility index (Phi) is 6.32. The van der Waals surface area contributed by atoms with Gasteiger partial charge in [-0.25, -0.2) is 15.0 Å². The van der Waals surface area contributed by atoms with E-state index in [0.29, 0.717) is 25.3 Å². The van der Waals surface area contributed by atoms with Crippen LogP contribution >= 0.6 is 11.3 Å². The normalized spacial score (nSPS) is 17.1. The number of carbonyl (C=O) groups is 1. The van der Waals surface area contributed by atoms with Crippen LogP contribution in [-0.4, -0.2) is 87.7 Å². The minimum atomic E-state index is 0.236. The minimum Gasteiger partial charge on any atom is -0.379 e. The van der Waals surface area contributed by atoms with Crippen LogP contribution in [0.15, 0.2) is 36.0 Å². The molecule has 0 saturated carbocycles. The average Bonchev–Trinajstić information content (AvgIpc) is 3.61. The summed E-state index contributed by atoms with van der Waals surface area (Å²) in [6, 6.07) is 8.35. The van der Waals surface area contributed by atoms with Gasteiger partial charge in [-0.05, 0) is 12.5 Å². The number of morpholine rings is 1. The van der Waals surface area contributed by atoms with Gasteiger partial charge in [0, 0.05) is 73.3 Å². The second-order valence-electron chi connectivity index (χ2n) is 9.02. The number of aromatic nitrogens is 4. The molecule has 0 bridgehead atoms. The number of likely N-dealkylation sites (tertiary alicyclic amines) is 1. The van der Waals surface area contributed by atoms with Crippen molar-refractivity contribution in [3.8, 4) is 11.4 Å². The monoisotopic (exact) mass is 491 g/mol. The summed E-state index contributed by atoms with van der Waals surface area (Å²) in [5, 5.41) is 6.82. The second kappa shape index (κ2) is 9.88. The van der Waals surface area contributed by atoms with Crippen LogP contribution in [0.3, 0.4) is 0 Å². The summed E-state index contributed by atoms with van der Waals surface area (Å²) in [5.41, 5.74) is 2.60. The predicted molar refractivity (Wildman–Crippen MR) is 138 cm³/mol. The van der Waals surface area contributed by atoms with Crippen molar-refractivity contribution in [1.82, 2.24) is 29.3 Å². The van der Waals surface area contributed by atoms with Crippen LogP contribution in [0.2, 0.25) is 0 Å². The number of fused-ring (bicyclic) bond motifs is 2. The highest BCUT2D eigenvalue weighted by Crippen LogP contribution is 2.33. The van der Waals surface area contributed by atoms with Gasteiger partial charge in [-0.15, -0.1) is 11.3 Å². The summed E-state index contributed by atoms with van der Waals surface area (Å²) in [5.74, 6) is 1.69. The largest absolute Gasteiger partial charge is 0.379 e. The van der Waals surface area contributed by atoms with Gasteiger partial charge in [0.2, 0.25) is 5.91 Å². The van der Waals surface area contributed by atoms with Gasteiger partial charge in [-0.2, -0.15) is 0 Å². The number of hydrogen-bond donors (Lipinski definition) is 1. The van der Waals surface area contributed by atoms with E-state index in [9.17, 15) is 4.79 Å². The fourth-order valence-corrected chi connectivity index (χ4v) is 5.77. The zero-order chi connectivity index (χ0) is 23.6. The smallest absolute Gasteiger partial charge is 0.222 e. The summed E-state index contributed by atoms with van der Waals surface area (Å²) in [7, 11) is 0. The second-order valence-corrected chi connectivity index (χ2v) is 9.93. The molecule has 1 amide bonds. The van der Waals surface area contributed by atoms with Gasteiger partial charge in [-0.3, -0.25) is 9.69 Å². The molecule has 2 aliphatic rings. The quantitative estimate of drug-likeness (QED) is 0.405. The van der Waals surface area contributed by atoms with Crippen molar-refractivity contribution in [2.45, 2.75) is 19.4 Å². The number of hydrogen-bond acceptors (Lipinski definition) is 8. The molecule has 10 heteroatoms. The molecule has 4 aromatic rings. The highest BCUT2D eigenvalue weighted by Gasteiger charge is 2.21. The molecule has 0 atom stereocenters. The lowest BCUT2D eigenvalue weighted by atomic mass is 10.1. The third-order valence-electron chi connectivity index (χ3n) is 6.79. The van der Waals surface area contributed by atoms with Gasteiger partial charge in [0.05, 0.1) is 19.5 Å². The number of amides is 1. The van der Waals surface area contributed by atoms with E-state index in [1.807, 2.05) is 15.8 Å². The molecule has 1 aromatic carbocycles. The fraction of sp³-hybridized carbons (Fsp3) is 0.440. The molecule has 5 heterocycles. The standard InChI is InChI=1S/C25H29N7O2S/c33-21-6-3-8-31(21)10-11-32-17-27-22-24(26-7-9-30-12-14-34-15-13-30)28-23(29-25(22)32)19-16-35-20-5-2-1-4-18(19)20/h1-2,4-5,16-17H,3,6-15H2,(H,26,28,29). The Hall–Kier alpha value is -3.08. The number of ether oxygens (including phenoxy) is 1. The number of thiophene rings is 1. The maximum atomic E-state index is 12.1. The van der Waals surface area contributed by atoms with E-state index in [1.165, 1.54) is 4.70 Å². The first-order valence-corrected chi connectivity index (χ1v) is 13.2. The highest BCUT2D eigenvalue weighted by molar-refractivity contribution is 7.17. The lowest BCUT2D eigenvalue weighted by molar-refractivity contribution is -0.127. The van der Waals surface area contributed by atoms with Gasteiger partial charge >= 0.3 is 0 Å². The van der Waals surface area contributed by atoms with Crippen LogP contribution in [-0.2, 0) is 16.1 Å². The van der Waals surface area contributed by atoms with Gasteiger partial charge < -0.3 is 19.5 Å². The van der Waals surface area contributed by atoms with Crippen LogP contribution in [0, 0.1) is 0 Å². The summed E-state index contributed by atoms with van der Waals surface area (Å²) < 4.78 is 8.73. The number of nitrogens with zero attached hydrogens (tertiary/aromatic N) is 6. The lowest BCUT2D eigenvalue weighted by Gasteiger charge is -2.26. The molecule has 182 valence electrons. The van der Waals surface area contributed by atoms with Crippen molar-refractivity contribution >= 4 is 44.3 Å². The Morgan fingerprint density at radius 3 is 2.80 bits per heavy atom. The molecule has 0 radical (unpaired) electrons. The number of rotatable bonds is 8. The maximum Gasteiger partial charge on any atom is 0.222 e. The molecule has 2 saturated heterocycles. The van der Waals surface area contributed by atoms with Gasteiger partial charge in [-0.1, -0.05) is 18.2 Å². The van der Waals surface area contributed by atoms with Crippen molar-refractivity contribution in [3.05, 3.63) is 36.0 Å². The number of imidazole rings is 1. The summed E-state index contributed by atoms with van der Waals surface area (Å²) in [6.07, 6.45) is 3.42. The van der Waals surface area contributed by atoms with Crippen molar-refractivity contribution in [1.29, 1.82) is 0 Å². The average molecular weight is 492 g/mol. The molecular formula is C25H29N7O2S. The lowest BCUT2D eigenvalue weighted by Crippen LogP contribution is -2.39. The van der Waals surface area contributed by atoms with Crippen molar-refractivity contribution < 1.29 is 9.53 Å². The molecule has 0 aliphatic carbocycles. The van der Waals surface area contributed by atoms with Gasteiger partial charge in [0.15, 0.2) is 17.3 Å².